The highest BCUT2D eigenvalue weighted by atomic mass is 19.1. The number of hydrogen-bond acceptors (Lipinski definition) is 2. The Morgan fingerprint density at radius 3 is 2.68 bits per heavy atom. The summed E-state index contributed by atoms with van der Waals surface area (Å²) in [6.45, 7) is 1.49. The smallest absolute Gasteiger partial charge is 0.123 e. The summed E-state index contributed by atoms with van der Waals surface area (Å²) in [5.41, 5.74) is 0.949. The van der Waals surface area contributed by atoms with Gasteiger partial charge in [-0.05, 0) is 49.8 Å². The molecule has 1 N–H and O–H groups in total. The van der Waals surface area contributed by atoms with Crippen molar-refractivity contribution in [3.05, 3.63) is 29.6 Å². The predicted molar refractivity (Wildman–Crippen MR) is 73.7 cm³/mol. The van der Waals surface area contributed by atoms with E-state index in [0.717, 1.165) is 17.9 Å². The number of hydrogen-bond donors (Lipinski definition) is 1. The van der Waals surface area contributed by atoms with E-state index in [1.165, 1.54) is 44.6 Å². The van der Waals surface area contributed by atoms with Gasteiger partial charge in [-0.1, -0.05) is 12.8 Å². The minimum Gasteiger partial charge on any atom is -0.493 e. The van der Waals surface area contributed by atoms with E-state index in [0.29, 0.717) is 18.5 Å². The van der Waals surface area contributed by atoms with Crippen LogP contribution >= 0.6 is 0 Å². The van der Waals surface area contributed by atoms with Crippen LogP contribution in [0.2, 0.25) is 0 Å². The second-order valence-electron chi connectivity index (χ2n) is 5.87. The Balaban J connectivity index is 1.60. The predicted octanol–water partition coefficient (Wildman–Crippen LogP) is 3.65. The van der Waals surface area contributed by atoms with E-state index in [9.17, 15) is 4.39 Å². The molecule has 2 saturated carbocycles. The van der Waals surface area contributed by atoms with Gasteiger partial charge in [0.1, 0.15) is 11.6 Å². The molecule has 0 unspecified atom stereocenters. The molecule has 0 radical (unpaired) electrons. The topological polar surface area (TPSA) is 21.3 Å². The van der Waals surface area contributed by atoms with Gasteiger partial charge in [-0.15, -0.1) is 0 Å². The zero-order valence-corrected chi connectivity index (χ0v) is 11.3. The molecule has 2 fully saturated rings. The van der Waals surface area contributed by atoms with E-state index < -0.39 is 0 Å². The van der Waals surface area contributed by atoms with Gasteiger partial charge in [-0.3, -0.25) is 0 Å². The third kappa shape index (κ3) is 3.69. The maximum atomic E-state index is 13.3. The molecule has 0 bridgehead atoms. The van der Waals surface area contributed by atoms with Crippen molar-refractivity contribution in [1.82, 2.24) is 5.32 Å². The minimum absolute atomic E-state index is 0.180. The first-order chi connectivity index (χ1) is 9.31. The Morgan fingerprint density at radius 1 is 1.16 bits per heavy atom. The molecule has 3 rings (SSSR count). The van der Waals surface area contributed by atoms with Gasteiger partial charge < -0.3 is 10.1 Å². The third-order valence-corrected chi connectivity index (χ3v) is 4.13. The summed E-state index contributed by atoms with van der Waals surface area (Å²) in [4.78, 5) is 0. The fraction of sp³-hybridized carbons (Fsp3) is 0.625. The Kier molecular flexibility index (Phi) is 4.02. The summed E-state index contributed by atoms with van der Waals surface area (Å²) < 4.78 is 19.3. The number of ether oxygens (including phenoxy) is 1. The highest BCUT2D eigenvalue weighted by molar-refractivity contribution is 5.34. The first-order valence-corrected chi connectivity index (χ1v) is 7.46. The quantitative estimate of drug-likeness (QED) is 0.846. The lowest BCUT2D eigenvalue weighted by atomic mass is 10.1. The molecule has 2 aliphatic rings. The van der Waals surface area contributed by atoms with Gasteiger partial charge >= 0.3 is 0 Å². The summed E-state index contributed by atoms with van der Waals surface area (Å²) in [5, 5.41) is 3.42. The van der Waals surface area contributed by atoms with Crippen LogP contribution in [-0.4, -0.2) is 12.6 Å². The van der Waals surface area contributed by atoms with Gasteiger partial charge in [0.05, 0.1) is 6.61 Å². The highest BCUT2D eigenvalue weighted by Crippen LogP contribution is 2.27. The van der Waals surface area contributed by atoms with Crippen LogP contribution in [0.4, 0.5) is 4.39 Å². The molecular weight excluding hydrogens is 241 g/mol. The van der Waals surface area contributed by atoms with Crippen molar-refractivity contribution in [2.24, 2.45) is 5.92 Å². The maximum absolute atomic E-state index is 13.3. The molecule has 104 valence electrons. The van der Waals surface area contributed by atoms with Crippen LogP contribution in [-0.2, 0) is 6.54 Å². The molecule has 1 aromatic carbocycles. The Morgan fingerprint density at radius 2 is 1.95 bits per heavy atom. The summed E-state index contributed by atoms with van der Waals surface area (Å²) in [7, 11) is 0. The summed E-state index contributed by atoms with van der Waals surface area (Å²) in [6.07, 6.45) is 7.69. The van der Waals surface area contributed by atoms with Crippen LogP contribution in [0.5, 0.6) is 5.75 Å². The zero-order valence-electron chi connectivity index (χ0n) is 11.3. The number of rotatable bonds is 6. The second kappa shape index (κ2) is 5.91. The average molecular weight is 263 g/mol. The van der Waals surface area contributed by atoms with Crippen LogP contribution in [0.15, 0.2) is 18.2 Å². The maximum Gasteiger partial charge on any atom is 0.123 e. The lowest BCUT2D eigenvalue weighted by Crippen LogP contribution is -2.17. The summed E-state index contributed by atoms with van der Waals surface area (Å²) in [5.74, 6) is 1.36. The second-order valence-corrected chi connectivity index (χ2v) is 5.87. The molecule has 0 amide bonds. The fourth-order valence-corrected chi connectivity index (χ4v) is 2.75. The van der Waals surface area contributed by atoms with E-state index in [-0.39, 0.29) is 5.82 Å². The monoisotopic (exact) mass is 263 g/mol. The third-order valence-electron chi connectivity index (χ3n) is 4.13. The van der Waals surface area contributed by atoms with Crippen molar-refractivity contribution in [3.63, 3.8) is 0 Å². The van der Waals surface area contributed by atoms with Crippen molar-refractivity contribution in [2.45, 2.75) is 51.1 Å². The van der Waals surface area contributed by atoms with Crippen LogP contribution in [0.25, 0.3) is 0 Å². The lowest BCUT2D eigenvalue weighted by molar-refractivity contribution is 0.249. The highest BCUT2D eigenvalue weighted by Gasteiger charge is 2.21. The van der Waals surface area contributed by atoms with Gasteiger partial charge in [-0.2, -0.15) is 0 Å². The first-order valence-electron chi connectivity index (χ1n) is 7.46. The Hall–Kier alpha value is -1.09. The van der Waals surface area contributed by atoms with Crippen molar-refractivity contribution in [2.75, 3.05) is 6.61 Å². The SMILES string of the molecule is Fc1ccc(OCC2CCCC2)c(CNC2CC2)c1. The molecule has 0 aliphatic heterocycles. The molecular formula is C16H22FNO. The standard InChI is InChI=1S/C16H22FNO/c17-14-5-8-16(19-11-12-3-1-2-4-12)13(9-14)10-18-15-6-7-15/h5,8-9,12,15,18H,1-4,6-7,10-11H2. The van der Waals surface area contributed by atoms with Crippen molar-refractivity contribution >= 4 is 0 Å². The van der Waals surface area contributed by atoms with Crippen molar-refractivity contribution in [1.29, 1.82) is 0 Å². The van der Waals surface area contributed by atoms with E-state index in [1.54, 1.807) is 12.1 Å². The molecule has 1 aromatic rings. The van der Waals surface area contributed by atoms with Gasteiger partial charge in [0.25, 0.3) is 0 Å². The van der Waals surface area contributed by atoms with Gasteiger partial charge in [0.15, 0.2) is 0 Å². The number of nitrogens with one attached hydrogen (secondary N) is 1. The molecule has 0 spiro atoms. The van der Waals surface area contributed by atoms with Crippen LogP contribution in [0, 0.1) is 11.7 Å². The molecule has 3 heteroatoms. The van der Waals surface area contributed by atoms with E-state index in [2.05, 4.69) is 5.32 Å². The van der Waals surface area contributed by atoms with Crippen LogP contribution in [0.1, 0.15) is 44.1 Å². The minimum atomic E-state index is -0.180. The molecule has 2 aliphatic carbocycles. The first kappa shape index (κ1) is 12.9. The molecule has 0 aromatic heterocycles. The fourth-order valence-electron chi connectivity index (χ4n) is 2.75. The Bertz CT molecular complexity index is 425. The molecule has 19 heavy (non-hydrogen) atoms. The molecule has 2 nitrogen and oxygen atoms in total. The van der Waals surface area contributed by atoms with Crippen LogP contribution < -0.4 is 10.1 Å². The molecule has 0 atom stereocenters. The lowest BCUT2D eigenvalue weighted by Gasteiger charge is -2.15. The van der Waals surface area contributed by atoms with Crippen molar-refractivity contribution in [3.8, 4) is 5.75 Å². The van der Waals surface area contributed by atoms with E-state index in [1.807, 2.05) is 0 Å². The Labute approximate surface area is 114 Å². The zero-order chi connectivity index (χ0) is 13.1. The normalized spacial score (nSPS) is 19.8. The van der Waals surface area contributed by atoms with E-state index in [4.69, 9.17) is 4.74 Å². The van der Waals surface area contributed by atoms with Gasteiger partial charge in [0.2, 0.25) is 0 Å². The average Bonchev–Trinajstić information content (AvgIpc) is 3.10. The van der Waals surface area contributed by atoms with Gasteiger partial charge in [0, 0.05) is 18.2 Å². The van der Waals surface area contributed by atoms with Crippen molar-refractivity contribution < 1.29 is 9.13 Å². The number of benzene rings is 1. The number of halogens is 1. The largest absolute Gasteiger partial charge is 0.493 e. The van der Waals surface area contributed by atoms with Crippen LogP contribution in [0.3, 0.4) is 0 Å². The van der Waals surface area contributed by atoms with Gasteiger partial charge in [-0.25, -0.2) is 4.39 Å². The van der Waals surface area contributed by atoms with E-state index >= 15 is 0 Å². The molecule has 0 heterocycles. The summed E-state index contributed by atoms with van der Waals surface area (Å²) in [6, 6.07) is 5.49. The summed E-state index contributed by atoms with van der Waals surface area (Å²) >= 11 is 0. The molecule has 0 saturated heterocycles.